The Hall–Kier alpha value is -2.40. The monoisotopic (exact) mass is 235 g/mol. The van der Waals surface area contributed by atoms with E-state index in [-0.39, 0.29) is 11.7 Å². The van der Waals surface area contributed by atoms with E-state index in [0.717, 1.165) is 5.56 Å². The molecule has 2 heteroatoms. The van der Waals surface area contributed by atoms with Crippen LogP contribution in [0.2, 0.25) is 0 Å². The van der Waals surface area contributed by atoms with Crippen LogP contribution in [-0.4, -0.2) is 5.78 Å². The fourth-order valence-corrected chi connectivity index (χ4v) is 1.78. The molecule has 0 spiro atoms. The Morgan fingerprint density at radius 3 is 2.39 bits per heavy atom. The summed E-state index contributed by atoms with van der Waals surface area (Å²) >= 11 is 0. The highest BCUT2D eigenvalue weighted by Gasteiger charge is 2.11. The number of hydrogen-bond donors (Lipinski definition) is 0. The normalized spacial score (nSPS) is 11.6. The van der Waals surface area contributed by atoms with Crippen molar-refractivity contribution in [3.05, 3.63) is 71.3 Å². The zero-order chi connectivity index (χ0) is 13.0. The smallest absolute Gasteiger partial charge is 0.193 e. The minimum absolute atomic E-state index is 0.0115. The number of carbonyl (C=O) groups is 1. The molecule has 0 saturated carbocycles. The summed E-state index contributed by atoms with van der Waals surface area (Å²) in [5, 5.41) is 8.90. The maximum absolute atomic E-state index is 12.2. The van der Waals surface area contributed by atoms with Gasteiger partial charge in [-0.25, -0.2) is 0 Å². The Bertz CT molecular complexity index is 596. The van der Waals surface area contributed by atoms with Crippen LogP contribution in [0.25, 0.3) is 0 Å². The van der Waals surface area contributed by atoms with Crippen LogP contribution in [0.15, 0.2) is 54.6 Å². The van der Waals surface area contributed by atoms with Crippen molar-refractivity contribution in [1.29, 1.82) is 5.26 Å². The number of nitrogens with zero attached hydrogens (tertiary/aromatic N) is 1. The molecular weight excluding hydrogens is 222 g/mol. The molecule has 2 aromatic rings. The molecule has 0 fully saturated rings. The molecule has 0 radical (unpaired) electrons. The van der Waals surface area contributed by atoms with Gasteiger partial charge in [0.05, 0.1) is 12.0 Å². The molecule has 0 heterocycles. The fourth-order valence-electron chi connectivity index (χ4n) is 1.78. The first-order valence-corrected chi connectivity index (χ1v) is 5.81. The van der Waals surface area contributed by atoms with E-state index >= 15 is 0 Å². The van der Waals surface area contributed by atoms with Gasteiger partial charge in [-0.3, -0.25) is 4.79 Å². The molecule has 1 atom stereocenters. The van der Waals surface area contributed by atoms with Gasteiger partial charge in [0, 0.05) is 11.1 Å². The molecular formula is C16H13NO. The number of nitriles is 1. The second-order valence-electron chi connectivity index (χ2n) is 4.17. The summed E-state index contributed by atoms with van der Waals surface area (Å²) < 4.78 is 0. The molecule has 2 nitrogen and oxygen atoms in total. The molecule has 0 aromatic heterocycles. The van der Waals surface area contributed by atoms with E-state index in [0.29, 0.717) is 11.1 Å². The van der Waals surface area contributed by atoms with Crippen molar-refractivity contribution in [1.82, 2.24) is 0 Å². The van der Waals surface area contributed by atoms with E-state index in [4.69, 9.17) is 5.26 Å². The lowest BCUT2D eigenvalue weighted by molar-refractivity contribution is 0.103. The SMILES string of the molecule is C[C@@H](C#N)c1cccc(C(=O)c2ccccc2)c1. The quantitative estimate of drug-likeness (QED) is 0.763. The number of hydrogen-bond acceptors (Lipinski definition) is 2. The highest BCUT2D eigenvalue weighted by molar-refractivity contribution is 6.09. The lowest BCUT2D eigenvalue weighted by Crippen LogP contribution is -2.02. The standard InChI is InChI=1S/C16H13NO/c1-12(11-17)14-8-5-9-15(10-14)16(18)13-6-3-2-4-7-13/h2-10,12H,1H3/t12-/m0/s1. The van der Waals surface area contributed by atoms with Crippen LogP contribution < -0.4 is 0 Å². The molecule has 2 rings (SSSR count). The topological polar surface area (TPSA) is 40.9 Å². The van der Waals surface area contributed by atoms with Gasteiger partial charge < -0.3 is 0 Å². The Kier molecular flexibility index (Phi) is 3.54. The van der Waals surface area contributed by atoms with Gasteiger partial charge >= 0.3 is 0 Å². The van der Waals surface area contributed by atoms with Gasteiger partial charge in [-0.1, -0.05) is 48.5 Å². The Morgan fingerprint density at radius 1 is 1.06 bits per heavy atom. The summed E-state index contributed by atoms with van der Waals surface area (Å²) in [5.74, 6) is -0.212. The molecule has 0 bridgehead atoms. The lowest BCUT2D eigenvalue weighted by atomic mass is 9.96. The first-order chi connectivity index (χ1) is 8.72. The zero-order valence-corrected chi connectivity index (χ0v) is 10.1. The van der Waals surface area contributed by atoms with E-state index in [2.05, 4.69) is 6.07 Å². The Balaban J connectivity index is 2.35. The molecule has 0 N–H and O–H groups in total. The van der Waals surface area contributed by atoms with Gasteiger partial charge in [0.2, 0.25) is 0 Å². The fraction of sp³-hybridized carbons (Fsp3) is 0.125. The lowest BCUT2D eigenvalue weighted by Gasteiger charge is -2.06. The van der Waals surface area contributed by atoms with Gasteiger partial charge in [-0.2, -0.15) is 5.26 Å². The van der Waals surface area contributed by atoms with Crippen molar-refractivity contribution in [2.45, 2.75) is 12.8 Å². The van der Waals surface area contributed by atoms with Crippen LogP contribution in [0, 0.1) is 11.3 Å². The number of ketones is 1. The van der Waals surface area contributed by atoms with Crippen LogP contribution in [0.5, 0.6) is 0 Å². The number of carbonyl (C=O) groups excluding carboxylic acids is 1. The first-order valence-electron chi connectivity index (χ1n) is 5.81. The molecule has 0 unspecified atom stereocenters. The first kappa shape index (κ1) is 12.1. The largest absolute Gasteiger partial charge is 0.289 e. The van der Waals surface area contributed by atoms with Crippen molar-refractivity contribution < 1.29 is 4.79 Å². The van der Waals surface area contributed by atoms with Crippen LogP contribution in [0.4, 0.5) is 0 Å². The zero-order valence-electron chi connectivity index (χ0n) is 10.1. The van der Waals surface area contributed by atoms with Gasteiger partial charge in [-0.05, 0) is 18.6 Å². The summed E-state index contributed by atoms with van der Waals surface area (Å²) in [6, 6.07) is 18.6. The summed E-state index contributed by atoms with van der Waals surface area (Å²) in [6.07, 6.45) is 0. The summed E-state index contributed by atoms with van der Waals surface area (Å²) in [5.41, 5.74) is 2.17. The average molecular weight is 235 g/mol. The van der Waals surface area contributed by atoms with Gasteiger partial charge in [0.1, 0.15) is 0 Å². The predicted octanol–water partition coefficient (Wildman–Crippen LogP) is 3.54. The molecule has 18 heavy (non-hydrogen) atoms. The minimum Gasteiger partial charge on any atom is -0.289 e. The van der Waals surface area contributed by atoms with Crippen molar-refractivity contribution in [3.8, 4) is 6.07 Å². The summed E-state index contributed by atoms with van der Waals surface area (Å²) in [7, 11) is 0. The van der Waals surface area contributed by atoms with Crippen LogP contribution in [-0.2, 0) is 0 Å². The third-order valence-electron chi connectivity index (χ3n) is 2.88. The van der Waals surface area contributed by atoms with E-state index in [1.54, 1.807) is 24.3 Å². The van der Waals surface area contributed by atoms with Crippen molar-refractivity contribution >= 4 is 5.78 Å². The maximum atomic E-state index is 12.2. The average Bonchev–Trinajstić information content (AvgIpc) is 2.46. The van der Waals surface area contributed by atoms with Crippen molar-refractivity contribution in [2.24, 2.45) is 0 Å². The number of benzene rings is 2. The van der Waals surface area contributed by atoms with Crippen LogP contribution in [0.3, 0.4) is 0 Å². The van der Waals surface area contributed by atoms with Gasteiger partial charge in [0.25, 0.3) is 0 Å². The van der Waals surface area contributed by atoms with Crippen LogP contribution in [0.1, 0.15) is 34.3 Å². The maximum Gasteiger partial charge on any atom is 0.193 e. The Labute approximate surface area is 107 Å². The second kappa shape index (κ2) is 5.29. The van der Waals surface area contributed by atoms with Crippen LogP contribution >= 0.6 is 0 Å². The summed E-state index contributed by atoms with van der Waals surface area (Å²) in [4.78, 5) is 12.2. The third-order valence-corrected chi connectivity index (χ3v) is 2.88. The molecule has 0 amide bonds. The molecule has 2 aromatic carbocycles. The van der Waals surface area contributed by atoms with E-state index in [1.165, 1.54) is 0 Å². The predicted molar refractivity (Wildman–Crippen MR) is 70.3 cm³/mol. The molecule has 0 saturated heterocycles. The summed E-state index contributed by atoms with van der Waals surface area (Å²) in [6.45, 7) is 1.83. The van der Waals surface area contributed by atoms with Crippen molar-refractivity contribution in [2.75, 3.05) is 0 Å². The second-order valence-corrected chi connectivity index (χ2v) is 4.17. The molecule has 0 aliphatic carbocycles. The molecule has 0 aliphatic heterocycles. The molecule has 88 valence electrons. The van der Waals surface area contributed by atoms with E-state index in [1.807, 2.05) is 37.3 Å². The molecule has 0 aliphatic rings. The highest BCUT2D eigenvalue weighted by atomic mass is 16.1. The third kappa shape index (κ3) is 2.46. The Morgan fingerprint density at radius 2 is 1.72 bits per heavy atom. The van der Waals surface area contributed by atoms with Crippen molar-refractivity contribution in [3.63, 3.8) is 0 Å². The minimum atomic E-state index is -0.200. The highest BCUT2D eigenvalue weighted by Crippen LogP contribution is 2.17. The van der Waals surface area contributed by atoms with E-state index < -0.39 is 0 Å². The van der Waals surface area contributed by atoms with E-state index in [9.17, 15) is 4.79 Å². The van der Waals surface area contributed by atoms with Gasteiger partial charge in [0.15, 0.2) is 5.78 Å². The number of rotatable bonds is 3. The van der Waals surface area contributed by atoms with Gasteiger partial charge in [-0.15, -0.1) is 0 Å².